The van der Waals surface area contributed by atoms with Crippen LogP contribution in [0.2, 0.25) is 0 Å². The molecule has 1 amide bonds. The Labute approximate surface area is 183 Å². The molecule has 0 aliphatic heterocycles. The first-order chi connectivity index (χ1) is 15.0. The second kappa shape index (κ2) is 8.94. The molecule has 0 bridgehead atoms. The highest BCUT2D eigenvalue weighted by Gasteiger charge is 2.17. The van der Waals surface area contributed by atoms with Gasteiger partial charge in [-0.1, -0.05) is 17.4 Å². The van der Waals surface area contributed by atoms with Crippen molar-refractivity contribution in [2.45, 2.75) is 0 Å². The fourth-order valence-electron chi connectivity index (χ4n) is 2.59. The van der Waals surface area contributed by atoms with E-state index >= 15 is 0 Å². The minimum atomic E-state index is -0.494. The molecule has 31 heavy (non-hydrogen) atoms. The Bertz CT molecular complexity index is 1300. The number of hydrazone groups is 1. The largest absolute Gasteiger partial charge is 0.273 e. The van der Waals surface area contributed by atoms with Gasteiger partial charge in [-0.2, -0.15) is 10.1 Å². The molecule has 0 aliphatic carbocycles. The SMILES string of the molecule is O=C(/C=C/c1cccs1)N(/N=C/c1ccc([N+](=O)[O-])cc1)c1nc2ccc(F)cc2s1. The Hall–Kier alpha value is -3.76. The number of fused-ring (bicyclic) bond motifs is 1. The summed E-state index contributed by atoms with van der Waals surface area (Å²) in [6.45, 7) is 0. The molecule has 0 saturated carbocycles. The number of thiazole rings is 1. The second-order valence-electron chi connectivity index (χ2n) is 6.20. The van der Waals surface area contributed by atoms with Crippen molar-refractivity contribution in [2.24, 2.45) is 5.10 Å². The van der Waals surface area contributed by atoms with Gasteiger partial charge in [-0.25, -0.2) is 9.37 Å². The van der Waals surface area contributed by atoms with Crippen LogP contribution in [-0.4, -0.2) is 22.0 Å². The number of anilines is 1. The molecule has 7 nitrogen and oxygen atoms in total. The lowest BCUT2D eigenvalue weighted by Crippen LogP contribution is -2.23. The van der Waals surface area contributed by atoms with Gasteiger partial charge < -0.3 is 0 Å². The van der Waals surface area contributed by atoms with Gasteiger partial charge in [0.2, 0.25) is 5.13 Å². The number of aromatic nitrogens is 1. The number of amides is 1. The Balaban J connectivity index is 1.67. The molecule has 2 aromatic heterocycles. The molecular weight excluding hydrogens is 439 g/mol. The van der Waals surface area contributed by atoms with Crippen LogP contribution < -0.4 is 5.01 Å². The van der Waals surface area contributed by atoms with E-state index < -0.39 is 16.6 Å². The number of halogens is 1. The lowest BCUT2D eigenvalue weighted by atomic mass is 10.2. The van der Waals surface area contributed by atoms with Crippen LogP contribution in [0.4, 0.5) is 15.2 Å². The van der Waals surface area contributed by atoms with Crippen LogP contribution in [0.15, 0.2) is 71.2 Å². The van der Waals surface area contributed by atoms with E-state index in [1.165, 1.54) is 66.1 Å². The first-order valence-electron chi connectivity index (χ1n) is 8.90. The molecule has 2 heterocycles. The number of nitro benzene ring substituents is 1. The summed E-state index contributed by atoms with van der Waals surface area (Å²) in [5.41, 5.74) is 1.07. The van der Waals surface area contributed by atoms with E-state index in [2.05, 4.69) is 10.1 Å². The normalized spacial score (nSPS) is 11.5. The van der Waals surface area contributed by atoms with Gasteiger partial charge in [0.05, 0.1) is 21.4 Å². The zero-order chi connectivity index (χ0) is 21.8. The van der Waals surface area contributed by atoms with Gasteiger partial charge in [0.25, 0.3) is 11.6 Å². The van der Waals surface area contributed by atoms with Crippen LogP contribution in [0, 0.1) is 15.9 Å². The third-order valence-electron chi connectivity index (χ3n) is 4.09. The van der Waals surface area contributed by atoms with E-state index in [4.69, 9.17) is 0 Å². The molecule has 10 heteroatoms. The van der Waals surface area contributed by atoms with Gasteiger partial charge in [0.15, 0.2) is 0 Å². The fraction of sp³-hybridized carbons (Fsp3) is 0. The molecule has 154 valence electrons. The van der Waals surface area contributed by atoms with E-state index in [1.54, 1.807) is 6.08 Å². The van der Waals surface area contributed by atoms with Crippen molar-refractivity contribution in [2.75, 3.05) is 5.01 Å². The summed E-state index contributed by atoms with van der Waals surface area (Å²) in [5.74, 6) is -0.835. The third-order valence-corrected chi connectivity index (χ3v) is 5.92. The molecule has 0 unspecified atom stereocenters. The van der Waals surface area contributed by atoms with Crippen LogP contribution in [0.5, 0.6) is 0 Å². The minimum absolute atomic E-state index is 0.0443. The van der Waals surface area contributed by atoms with E-state index in [1.807, 2.05) is 17.5 Å². The van der Waals surface area contributed by atoms with E-state index in [0.29, 0.717) is 15.8 Å². The molecule has 0 aliphatic rings. The molecule has 0 fully saturated rings. The number of hydrogen-bond acceptors (Lipinski definition) is 7. The Morgan fingerprint density at radius 3 is 2.71 bits per heavy atom. The van der Waals surface area contributed by atoms with Crippen molar-refractivity contribution in [1.82, 2.24) is 4.98 Å². The van der Waals surface area contributed by atoms with Crippen LogP contribution in [0.3, 0.4) is 0 Å². The maximum absolute atomic E-state index is 13.6. The van der Waals surface area contributed by atoms with Crippen LogP contribution >= 0.6 is 22.7 Å². The first kappa shape index (κ1) is 20.5. The average molecular weight is 452 g/mol. The number of carbonyl (C=O) groups excluding carboxylic acids is 1. The number of benzene rings is 2. The molecule has 4 rings (SSSR count). The summed E-state index contributed by atoms with van der Waals surface area (Å²) >= 11 is 2.62. The van der Waals surface area contributed by atoms with Crippen LogP contribution in [0.25, 0.3) is 16.3 Å². The maximum Gasteiger partial charge on any atom is 0.273 e. The maximum atomic E-state index is 13.6. The van der Waals surface area contributed by atoms with E-state index in [9.17, 15) is 19.3 Å². The second-order valence-corrected chi connectivity index (χ2v) is 8.19. The summed E-state index contributed by atoms with van der Waals surface area (Å²) < 4.78 is 14.1. The minimum Gasteiger partial charge on any atom is -0.267 e. The number of nitrogens with zero attached hydrogens (tertiary/aromatic N) is 4. The summed E-state index contributed by atoms with van der Waals surface area (Å²) in [6, 6.07) is 13.7. The molecule has 0 N–H and O–H groups in total. The number of non-ortho nitro benzene ring substituents is 1. The summed E-state index contributed by atoms with van der Waals surface area (Å²) in [5, 5.41) is 18.4. The predicted octanol–water partition coefficient (Wildman–Crippen LogP) is 5.49. The van der Waals surface area contributed by atoms with Crippen molar-refractivity contribution in [3.05, 3.63) is 92.4 Å². The van der Waals surface area contributed by atoms with Crippen molar-refractivity contribution in [3.63, 3.8) is 0 Å². The van der Waals surface area contributed by atoms with Crippen molar-refractivity contribution >= 4 is 61.9 Å². The molecular formula is C21H13FN4O3S2. The quantitative estimate of drug-likeness (QED) is 0.168. The van der Waals surface area contributed by atoms with Crippen molar-refractivity contribution in [3.8, 4) is 0 Å². The zero-order valence-corrected chi connectivity index (χ0v) is 17.3. The van der Waals surface area contributed by atoms with Crippen LogP contribution in [0.1, 0.15) is 10.4 Å². The lowest BCUT2D eigenvalue weighted by molar-refractivity contribution is -0.384. The van der Waals surface area contributed by atoms with Gasteiger partial charge in [-0.3, -0.25) is 14.9 Å². The average Bonchev–Trinajstić information content (AvgIpc) is 3.42. The summed E-state index contributed by atoms with van der Waals surface area (Å²) in [4.78, 5) is 28.5. The predicted molar refractivity (Wildman–Crippen MR) is 121 cm³/mol. The highest BCUT2D eigenvalue weighted by Crippen LogP contribution is 2.30. The molecule has 0 radical (unpaired) electrons. The van der Waals surface area contributed by atoms with Gasteiger partial charge in [0.1, 0.15) is 5.82 Å². The van der Waals surface area contributed by atoms with Gasteiger partial charge in [0, 0.05) is 23.1 Å². The monoisotopic (exact) mass is 452 g/mol. The van der Waals surface area contributed by atoms with Crippen molar-refractivity contribution in [1.29, 1.82) is 0 Å². The Morgan fingerprint density at radius 2 is 2.00 bits per heavy atom. The number of hydrogen-bond donors (Lipinski definition) is 0. The van der Waals surface area contributed by atoms with Crippen molar-refractivity contribution < 1.29 is 14.1 Å². The Morgan fingerprint density at radius 1 is 1.19 bits per heavy atom. The number of carbonyl (C=O) groups is 1. The van der Waals surface area contributed by atoms with Crippen LogP contribution in [-0.2, 0) is 4.79 Å². The zero-order valence-electron chi connectivity index (χ0n) is 15.7. The highest BCUT2D eigenvalue weighted by molar-refractivity contribution is 7.22. The molecule has 0 saturated heterocycles. The third kappa shape index (κ3) is 4.87. The molecule has 0 spiro atoms. The lowest BCUT2D eigenvalue weighted by Gasteiger charge is -2.11. The topological polar surface area (TPSA) is 88.7 Å². The number of rotatable bonds is 6. The molecule has 4 aromatic rings. The van der Waals surface area contributed by atoms with Gasteiger partial charge in [-0.15, -0.1) is 11.3 Å². The van der Waals surface area contributed by atoms with Gasteiger partial charge >= 0.3 is 0 Å². The standard InChI is InChI=1S/C21H13FN4O3S2/c22-15-5-9-18-19(12-15)31-21(24-18)25(20(27)10-8-17-2-1-11-30-17)23-13-14-3-6-16(7-4-14)26(28)29/h1-13H/b10-8+,23-13+. The first-order valence-corrected chi connectivity index (χ1v) is 10.6. The fourth-order valence-corrected chi connectivity index (χ4v) is 4.17. The summed E-state index contributed by atoms with van der Waals surface area (Å²) in [6.07, 6.45) is 4.47. The number of nitro groups is 1. The highest BCUT2D eigenvalue weighted by atomic mass is 32.1. The molecule has 0 atom stereocenters. The molecule has 2 aromatic carbocycles. The van der Waals surface area contributed by atoms with Gasteiger partial charge in [-0.05, 0) is 53.4 Å². The summed E-state index contributed by atoms with van der Waals surface area (Å²) in [7, 11) is 0. The Kier molecular flexibility index (Phi) is 5.92. The smallest absolute Gasteiger partial charge is 0.267 e. The van der Waals surface area contributed by atoms with E-state index in [0.717, 1.165) is 21.2 Å². The van der Waals surface area contributed by atoms with E-state index in [-0.39, 0.29) is 10.8 Å². The number of thiophene rings is 1.